The summed E-state index contributed by atoms with van der Waals surface area (Å²) in [5.74, 6) is 14.2. The Hall–Kier alpha value is -8.96. The van der Waals surface area contributed by atoms with Gasteiger partial charge in [-0.1, -0.05) is 211 Å². The van der Waals surface area contributed by atoms with Gasteiger partial charge in [-0.3, -0.25) is 0 Å². The molecule has 0 aliphatic carbocycles. The van der Waals surface area contributed by atoms with E-state index < -0.39 is 0 Å². The van der Waals surface area contributed by atoms with Crippen LogP contribution in [0.3, 0.4) is 0 Å². The second-order valence-corrected chi connectivity index (χ2v) is 35.6. The summed E-state index contributed by atoms with van der Waals surface area (Å²) in [6.07, 6.45) is 4.36. The van der Waals surface area contributed by atoms with Crippen molar-refractivity contribution in [2.45, 2.75) is 186 Å². The van der Waals surface area contributed by atoms with Crippen LogP contribution in [0, 0.1) is 45.3 Å². The lowest BCUT2D eigenvalue weighted by molar-refractivity contribution is 0.283. The molecule has 0 unspecified atom stereocenters. The molecular formula is C92H98N4. The maximum Gasteiger partial charge on any atom is 0.0979 e. The van der Waals surface area contributed by atoms with Crippen LogP contribution < -0.4 is 0 Å². The van der Waals surface area contributed by atoms with E-state index in [0.717, 1.165) is 103 Å². The molecule has 4 nitrogen and oxygen atoms in total. The van der Waals surface area contributed by atoms with Crippen molar-refractivity contribution >= 4 is 87.2 Å². The first-order chi connectivity index (χ1) is 45.0. The molecule has 0 spiro atoms. The van der Waals surface area contributed by atoms with Gasteiger partial charge in [0.1, 0.15) is 0 Å². The van der Waals surface area contributed by atoms with E-state index in [-0.39, 0.29) is 43.3 Å². The molecule has 96 heavy (non-hydrogen) atoms. The van der Waals surface area contributed by atoms with E-state index in [2.05, 4.69) is 329 Å². The summed E-state index contributed by atoms with van der Waals surface area (Å²) in [6, 6.07) is 67.7. The van der Waals surface area contributed by atoms with Gasteiger partial charge in [-0.15, -0.1) is 0 Å². The smallest absolute Gasteiger partial charge is 0.0979 e. The van der Waals surface area contributed by atoms with Gasteiger partial charge in [-0.25, -0.2) is 9.97 Å². The summed E-state index contributed by atoms with van der Waals surface area (Å²) < 4.78 is 4.89. The van der Waals surface area contributed by atoms with E-state index >= 15 is 0 Å². The van der Waals surface area contributed by atoms with Crippen molar-refractivity contribution < 1.29 is 0 Å². The van der Waals surface area contributed by atoms with Gasteiger partial charge in [0, 0.05) is 65.9 Å². The first kappa shape index (κ1) is 65.7. The standard InChI is InChI=1S/C92H98N4/c1-85(2,3)55-89(13,14)63-35-45-79-71(51-63)72-52-64(90(15,16)56-86(4,5)6)36-46-80(72)95(79)67-39-29-59(30-40-67)25-27-61-33-43-69-70-44-34-62(50-76(70)84-83(75(69)49-61)93-77-23-21-22-24-78(77)94-84)28-26-60-31-41-68(42-32-60)96-81-47-37-65(91(17,18)57-87(7,8)9)53-73(81)74-54-66(38-48-82(74)96)92(19,20)58-88(10,11)12/h21-24,29-54H,55-58H2,1-20H3. The highest BCUT2D eigenvalue weighted by Crippen LogP contribution is 2.46. The monoisotopic (exact) mass is 1260 g/mol. The van der Waals surface area contributed by atoms with Crippen molar-refractivity contribution in [2.75, 3.05) is 0 Å². The summed E-state index contributed by atoms with van der Waals surface area (Å²) >= 11 is 0. The van der Waals surface area contributed by atoms with E-state index in [1.165, 1.54) is 65.9 Å². The number of hydrogen-bond donors (Lipinski definition) is 0. The summed E-state index contributed by atoms with van der Waals surface area (Å²) in [5, 5.41) is 9.46. The lowest BCUT2D eigenvalue weighted by Crippen LogP contribution is -2.24. The van der Waals surface area contributed by atoms with Crippen molar-refractivity contribution in [1.82, 2.24) is 19.1 Å². The molecule has 4 heteroatoms. The number of benzene rings is 10. The molecule has 0 saturated carbocycles. The minimum Gasteiger partial charge on any atom is -0.309 e. The SMILES string of the molecule is CC(C)(C)CC(C)(C)c1ccc2c(c1)c1cc(C(C)(C)CC(C)(C)C)ccc1n2-c1ccc(C#Cc2ccc3c4ccc(C#Cc5ccc(-n6c7ccc(C(C)(C)CC(C)(C)C)cc7c7cc(C(C)(C)CC(C)(C)C)ccc76)cc5)cc4c4nc5ccccc5nc4c3c2)cc1. The Bertz CT molecular complexity index is 4860. The average Bonchev–Trinajstić information content (AvgIpc) is 1.34. The van der Waals surface area contributed by atoms with Crippen molar-refractivity contribution in [3.63, 3.8) is 0 Å². The summed E-state index contributed by atoms with van der Waals surface area (Å²) in [4.78, 5) is 10.7. The number of aromatic nitrogens is 4. The van der Waals surface area contributed by atoms with Crippen LogP contribution in [0.2, 0.25) is 0 Å². The largest absolute Gasteiger partial charge is 0.309 e. The van der Waals surface area contributed by atoms with Crippen LogP contribution in [0.15, 0.2) is 182 Å². The molecule has 0 radical (unpaired) electrons. The Morgan fingerprint density at radius 1 is 0.260 bits per heavy atom. The van der Waals surface area contributed by atoms with Gasteiger partial charge in [-0.2, -0.15) is 0 Å². The Labute approximate surface area is 572 Å². The third kappa shape index (κ3) is 13.1. The van der Waals surface area contributed by atoms with Crippen molar-refractivity contribution in [2.24, 2.45) is 21.7 Å². The highest BCUT2D eigenvalue weighted by Gasteiger charge is 2.33. The number of nitrogens with zero attached hydrogens (tertiary/aromatic N) is 4. The molecule has 3 heterocycles. The van der Waals surface area contributed by atoms with Crippen LogP contribution >= 0.6 is 0 Å². The summed E-state index contributed by atoms with van der Waals surface area (Å²) in [7, 11) is 0. The highest BCUT2D eigenvalue weighted by molar-refractivity contribution is 6.24. The predicted molar refractivity (Wildman–Crippen MR) is 414 cm³/mol. The van der Waals surface area contributed by atoms with Crippen molar-refractivity contribution in [1.29, 1.82) is 0 Å². The molecule has 0 fully saturated rings. The quantitative estimate of drug-likeness (QED) is 0.0777. The molecule has 3 aromatic heterocycles. The van der Waals surface area contributed by atoms with Gasteiger partial charge in [-0.05, 0) is 235 Å². The Morgan fingerprint density at radius 2 is 0.521 bits per heavy atom. The molecule has 0 bridgehead atoms. The number of hydrogen-bond acceptors (Lipinski definition) is 2. The second-order valence-electron chi connectivity index (χ2n) is 35.6. The molecule has 0 saturated heterocycles. The van der Waals surface area contributed by atoms with Gasteiger partial charge in [0.25, 0.3) is 0 Å². The van der Waals surface area contributed by atoms with Gasteiger partial charge in [0.2, 0.25) is 0 Å². The minimum atomic E-state index is 0.0127. The van der Waals surface area contributed by atoms with Gasteiger partial charge in [0.05, 0.1) is 44.1 Å². The molecule has 0 aliphatic rings. The van der Waals surface area contributed by atoms with Crippen LogP contribution in [0.5, 0.6) is 0 Å². The Morgan fingerprint density at radius 3 is 0.792 bits per heavy atom. The molecule has 0 N–H and O–H groups in total. The van der Waals surface area contributed by atoms with Gasteiger partial charge >= 0.3 is 0 Å². The van der Waals surface area contributed by atoms with Crippen molar-refractivity contribution in [3.05, 3.63) is 226 Å². The minimum absolute atomic E-state index is 0.0127. The number of rotatable bonds is 10. The van der Waals surface area contributed by atoms with E-state index in [0.29, 0.717) is 0 Å². The van der Waals surface area contributed by atoms with Crippen molar-refractivity contribution in [3.8, 4) is 35.1 Å². The van der Waals surface area contributed by atoms with Crippen LogP contribution in [0.25, 0.3) is 98.6 Å². The third-order valence-electron chi connectivity index (χ3n) is 19.9. The highest BCUT2D eigenvalue weighted by atomic mass is 15.0. The fourth-order valence-electron chi connectivity index (χ4n) is 17.2. The topological polar surface area (TPSA) is 35.6 Å². The second kappa shape index (κ2) is 23.4. The van der Waals surface area contributed by atoms with Crippen LogP contribution in [-0.4, -0.2) is 19.1 Å². The van der Waals surface area contributed by atoms with Crippen LogP contribution in [0.4, 0.5) is 0 Å². The third-order valence-corrected chi connectivity index (χ3v) is 19.9. The fourth-order valence-corrected chi connectivity index (χ4v) is 17.2. The zero-order valence-electron chi connectivity index (χ0n) is 60.9. The Kier molecular flexibility index (Phi) is 16.0. The summed E-state index contributed by atoms with van der Waals surface area (Å²) in [5.41, 5.74) is 20.6. The predicted octanol–water partition coefficient (Wildman–Crippen LogP) is 24.9. The molecule has 13 rings (SSSR count). The van der Waals surface area contributed by atoms with Gasteiger partial charge < -0.3 is 9.13 Å². The first-order valence-corrected chi connectivity index (χ1v) is 35.0. The van der Waals surface area contributed by atoms with Gasteiger partial charge in [0.15, 0.2) is 0 Å². The Balaban J connectivity index is 0.825. The number of para-hydroxylation sites is 2. The fraction of sp³-hybridized carbons (Fsp3) is 0.348. The maximum absolute atomic E-state index is 5.35. The molecule has 0 atom stereocenters. The van der Waals surface area contributed by atoms with Crippen LogP contribution in [-0.2, 0) is 21.7 Å². The number of fused-ring (bicyclic) bond motifs is 13. The first-order valence-electron chi connectivity index (χ1n) is 35.0. The summed E-state index contributed by atoms with van der Waals surface area (Å²) in [6.45, 7) is 47.4. The molecule has 0 amide bonds. The molecule has 0 aliphatic heterocycles. The lowest BCUT2D eigenvalue weighted by Gasteiger charge is -2.33. The normalized spacial score (nSPS) is 13.2. The van der Waals surface area contributed by atoms with E-state index in [4.69, 9.17) is 9.97 Å². The van der Waals surface area contributed by atoms with E-state index in [1.807, 2.05) is 24.3 Å². The zero-order chi connectivity index (χ0) is 68.5. The van der Waals surface area contributed by atoms with E-state index in [1.54, 1.807) is 0 Å². The average molecular weight is 1260 g/mol. The molecule has 10 aromatic carbocycles. The van der Waals surface area contributed by atoms with E-state index in [9.17, 15) is 0 Å². The molecule has 486 valence electrons. The zero-order valence-corrected chi connectivity index (χ0v) is 60.9. The van der Waals surface area contributed by atoms with Crippen LogP contribution in [0.1, 0.15) is 209 Å². The molecular weight excluding hydrogens is 1160 g/mol. The molecule has 13 aromatic rings. The maximum atomic E-state index is 5.35. The lowest BCUT2D eigenvalue weighted by atomic mass is 9.71.